The molecule has 3 heterocycles. The lowest BCUT2D eigenvalue weighted by Crippen LogP contribution is -2.55. The third-order valence-electron chi connectivity index (χ3n) is 6.12. The second-order valence-electron chi connectivity index (χ2n) is 9.79. The number of amides is 2. The van der Waals surface area contributed by atoms with Crippen molar-refractivity contribution >= 4 is 12.0 Å². The van der Waals surface area contributed by atoms with E-state index in [-0.39, 0.29) is 24.2 Å². The molecule has 0 aromatic heterocycles. The number of nitrogens with zero attached hydrogens (tertiary/aromatic N) is 2. The van der Waals surface area contributed by atoms with Gasteiger partial charge in [0.25, 0.3) is 0 Å². The molecule has 1 aromatic rings. The number of hydrogen-bond donors (Lipinski definition) is 0. The molecule has 2 saturated heterocycles. The van der Waals surface area contributed by atoms with Gasteiger partial charge in [-0.2, -0.15) is 0 Å². The van der Waals surface area contributed by atoms with E-state index < -0.39 is 5.60 Å². The predicted octanol–water partition coefficient (Wildman–Crippen LogP) is 3.60. The molecule has 1 aromatic carbocycles. The van der Waals surface area contributed by atoms with Crippen molar-refractivity contribution in [2.75, 3.05) is 33.0 Å². The second-order valence-corrected chi connectivity index (χ2v) is 9.79. The Morgan fingerprint density at radius 3 is 2.43 bits per heavy atom. The molecule has 2 fully saturated rings. The van der Waals surface area contributed by atoms with E-state index in [1.165, 1.54) is 0 Å². The van der Waals surface area contributed by atoms with E-state index in [0.29, 0.717) is 25.3 Å². The molecule has 0 N–H and O–H groups in total. The standard InChI is InChI=1S/C23H32N2O5/c1-22(2,3)30-21(27)25-11-5-9-23(15-25)8-4-10-24(14-23)20(26)13-17-6-7-18-19(12-17)29-16-28-18/h6-7,12H,4-5,8-11,13-16H2,1-3H3. The molecule has 3 aliphatic heterocycles. The fourth-order valence-corrected chi connectivity index (χ4v) is 4.78. The molecule has 7 nitrogen and oxygen atoms in total. The summed E-state index contributed by atoms with van der Waals surface area (Å²) >= 11 is 0. The summed E-state index contributed by atoms with van der Waals surface area (Å²) in [6.07, 6.45) is 4.10. The maximum Gasteiger partial charge on any atom is 0.410 e. The summed E-state index contributed by atoms with van der Waals surface area (Å²) in [6, 6.07) is 5.68. The van der Waals surface area contributed by atoms with Crippen LogP contribution in [-0.4, -0.2) is 60.4 Å². The molecule has 0 radical (unpaired) electrons. The van der Waals surface area contributed by atoms with Crippen molar-refractivity contribution in [3.05, 3.63) is 23.8 Å². The molecule has 4 rings (SSSR count). The molecule has 3 aliphatic rings. The lowest BCUT2D eigenvalue weighted by Gasteiger charge is -2.48. The third kappa shape index (κ3) is 4.65. The zero-order valence-corrected chi connectivity index (χ0v) is 18.2. The van der Waals surface area contributed by atoms with Gasteiger partial charge in [0.15, 0.2) is 11.5 Å². The highest BCUT2D eigenvalue weighted by Gasteiger charge is 2.42. The highest BCUT2D eigenvalue weighted by atomic mass is 16.7. The van der Waals surface area contributed by atoms with Gasteiger partial charge in [-0.15, -0.1) is 0 Å². The van der Waals surface area contributed by atoms with Crippen LogP contribution in [0.4, 0.5) is 4.79 Å². The summed E-state index contributed by atoms with van der Waals surface area (Å²) in [5.74, 6) is 1.56. The third-order valence-corrected chi connectivity index (χ3v) is 6.12. The summed E-state index contributed by atoms with van der Waals surface area (Å²) in [5.41, 5.74) is 0.404. The van der Waals surface area contributed by atoms with Crippen molar-refractivity contribution in [1.82, 2.24) is 9.80 Å². The average molecular weight is 417 g/mol. The van der Waals surface area contributed by atoms with E-state index in [0.717, 1.165) is 50.1 Å². The van der Waals surface area contributed by atoms with Crippen LogP contribution in [0, 0.1) is 5.41 Å². The summed E-state index contributed by atoms with van der Waals surface area (Å²) < 4.78 is 16.4. The van der Waals surface area contributed by atoms with Gasteiger partial charge >= 0.3 is 6.09 Å². The van der Waals surface area contributed by atoms with Gasteiger partial charge in [0, 0.05) is 31.6 Å². The molecule has 30 heavy (non-hydrogen) atoms. The van der Waals surface area contributed by atoms with Crippen LogP contribution in [-0.2, 0) is 16.0 Å². The normalized spacial score (nSPS) is 23.6. The quantitative estimate of drug-likeness (QED) is 0.737. The summed E-state index contributed by atoms with van der Waals surface area (Å²) in [7, 11) is 0. The topological polar surface area (TPSA) is 68.3 Å². The zero-order chi connectivity index (χ0) is 21.4. The van der Waals surface area contributed by atoms with E-state index in [4.69, 9.17) is 14.2 Å². The van der Waals surface area contributed by atoms with E-state index >= 15 is 0 Å². The Balaban J connectivity index is 1.39. The largest absolute Gasteiger partial charge is 0.454 e. The zero-order valence-electron chi connectivity index (χ0n) is 18.2. The molecule has 0 bridgehead atoms. The molecule has 7 heteroatoms. The van der Waals surface area contributed by atoms with Crippen LogP contribution in [0.3, 0.4) is 0 Å². The number of ether oxygens (including phenoxy) is 3. The van der Waals surface area contributed by atoms with Gasteiger partial charge in [0.2, 0.25) is 12.7 Å². The molecule has 0 saturated carbocycles. The summed E-state index contributed by atoms with van der Waals surface area (Å²) in [5, 5.41) is 0. The summed E-state index contributed by atoms with van der Waals surface area (Å²) in [6.45, 7) is 8.77. The molecule has 164 valence electrons. The van der Waals surface area contributed by atoms with E-state index in [1.807, 2.05) is 48.8 Å². The Bertz CT molecular complexity index is 814. The van der Waals surface area contributed by atoms with Crippen molar-refractivity contribution in [1.29, 1.82) is 0 Å². The number of piperidine rings is 2. The number of carbonyl (C=O) groups excluding carboxylic acids is 2. The number of benzene rings is 1. The van der Waals surface area contributed by atoms with Crippen molar-refractivity contribution in [3.63, 3.8) is 0 Å². The maximum atomic E-state index is 13.0. The molecule has 1 atom stereocenters. The Labute approximate surface area is 178 Å². The van der Waals surface area contributed by atoms with Gasteiger partial charge in [-0.3, -0.25) is 4.79 Å². The first-order valence-electron chi connectivity index (χ1n) is 10.9. The monoisotopic (exact) mass is 416 g/mol. The predicted molar refractivity (Wildman–Crippen MR) is 112 cm³/mol. The molecule has 2 amide bonds. The number of fused-ring (bicyclic) bond motifs is 1. The first-order chi connectivity index (χ1) is 14.2. The highest BCUT2D eigenvalue weighted by molar-refractivity contribution is 5.79. The number of rotatable bonds is 2. The SMILES string of the molecule is CC(C)(C)OC(=O)N1CCCC2(CCCN(C(=O)Cc3ccc4c(c3)OCO4)C2)C1. The molecular formula is C23H32N2O5. The van der Waals surface area contributed by atoms with Crippen molar-refractivity contribution in [2.45, 2.75) is 58.5 Å². The fraction of sp³-hybridized carbons (Fsp3) is 0.652. The van der Waals surface area contributed by atoms with Crippen LogP contribution in [0.15, 0.2) is 18.2 Å². The first kappa shape index (κ1) is 20.8. The minimum absolute atomic E-state index is 0.0298. The second kappa shape index (κ2) is 8.00. The van der Waals surface area contributed by atoms with Gasteiger partial charge in [-0.1, -0.05) is 6.07 Å². The number of carbonyl (C=O) groups is 2. The molecule has 0 aliphatic carbocycles. The Morgan fingerprint density at radius 2 is 1.70 bits per heavy atom. The number of hydrogen-bond acceptors (Lipinski definition) is 5. The molecular weight excluding hydrogens is 384 g/mol. The van der Waals surface area contributed by atoms with Gasteiger partial charge < -0.3 is 24.0 Å². The smallest absolute Gasteiger partial charge is 0.410 e. The molecule has 1 unspecified atom stereocenters. The first-order valence-corrected chi connectivity index (χ1v) is 10.9. The Kier molecular flexibility index (Phi) is 5.55. The van der Waals surface area contributed by atoms with Gasteiger partial charge in [-0.05, 0) is 64.2 Å². The minimum atomic E-state index is -0.499. The van der Waals surface area contributed by atoms with Crippen molar-refractivity contribution in [3.8, 4) is 11.5 Å². The van der Waals surface area contributed by atoms with Crippen LogP contribution >= 0.6 is 0 Å². The van der Waals surface area contributed by atoms with E-state index in [1.54, 1.807) is 0 Å². The van der Waals surface area contributed by atoms with Crippen molar-refractivity contribution in [2.24, 2.45) is 5.41 Å². The minimum Gasteiger partial charge on any atom is -0.454 e. The van der Waals surface area contributed by atoms with Gasteiger partial charge in [0.1, 0.15) is 5.60 Å². The Morgan fingerprint density at radius 1 is 1.03 bits per heavy atom. The van der Waals surface area contributed by atoms with Gasteiger partial charge in [-0.25, -0.2) is 4.79 Å². The van der Waals surface area contributed by atoms with Crippen LogP contribution < -0.4 is 9.47 Å². The lowest BCUT2D eigenvalue weighted by atomic mass is 9.73. The number of likely N-dealkylation sites (tertiary alicyclic amines) is 2. The Hall–Kier alpha value is -2.44. The van der Waals surface area contributed by atoms with Crippen molar-refractivity contribution < 1.29 is 23.8 Å². The fourth-order valence-electron chi connectivity index (χ4n) is 4.78. The molecule has 1 spiro atoms. The summed E-state index contributed by atoms with van der Waals surface area (Å²) in [4.78, 5) is 29.4. The maximum absolute atomic E-state index is 13.0. The average Bonchev–Trinajstić information content (AvgIpc) is 3.14. The van der Waals surface area contributed by atoms with Crippen LogP contribution in [0.25, 0.3) is 0 Å². The van der Waals surface area contributed by atoms with Crippen LogP contribution in [0.5, 0.6) is 11.5 Å². The van der Waals surface area contributed by atoms with E-state index in [2.05, 4.69) is 0 Å². The van der Waals surface area contributed by atoms with E-state index in [9.17, 15) is 9.59 Å². The van der Waals surface area contributed by atoms with Crippen LogP contribution in [0.1, 0.15) is 52.0 Å². The van der Waals surface area contributed by atoms with Gasteiger partial charge in [0.05, 0.1) is 6.42 Å². The lowest BCUT2D eigenvalue weighted by molar-refractivity contribution is -0.135. The van der Waals surface area contributed by atoms with Crippen LogP contribution in [0.2, 0.25) is 0 Å². The highest BCUT2D eigenvalue weighted by Crippen LogP contribution is 2.39.